The first-order valence-corrected chi connectivity index (χ1v) is 13.8. The third-order valence-corrected chi connectivity index (χ3v) is 6.97. The minimum absolute atomic E-state index is 0.261. The third-order valence-electron chi connectivity index (χ3n) is 6.97. The predicted molar refractivity (Wildman–Crippen MR) is 149 cm³/mol. The summed E-state index contributed by atoms with van der Waals surface area (Å²) in [4.78, 5) is 0. The Balaban J connectivity index is 0.000000132. The van der Waals surface area contributed by atoms with Crippen LogP contribution in [-0.2, 0) is 18.9 Å². The van der Waals surface area contributed by atoms with E-state index < -0.39 is 0 Å². The van der Waals surface area contributed by atoms with Crippen molar-refractivity contribution in [3.05, 3.63) is 72.8 Å². The lowest BCUT2D eigenvalue weighted by molar-refractivity contribution is 0.263. The zero-order chi connectivity index (χ0) is 26.7. The fourth-order valence-corrected chi connectivity index (χ4v) is 4.35. The highest BCUT2D eigenvalue weighted by Crippen LogP contribution is 2.33. The molecule has 4 saturated heterocycles. The van der Waals surface area contributed by atoms with Crippen LogP contribution in [0.1, 0.15) is 0 Å². The smallest absolute Gasteiger partial charge is 0.127 e. The highest BCUT2D eigenvalue weighted by molar-refractivity contribution is 5.93. The van der Waals surface area contributed by atoms with Gasteiger partial charge in [-0.2, -0.15) is 0 Å². The van der Waals surface area contributed by atoms with E-state index in [1.165, 1.54) is 0 Å². The molecule has 4 heterocycles. The van der Waals surface area contributed by atoms with Crippen molar-refractivity contribution in [3.63, 3.8) is 0 Å². The SMILES string of the molecule is c1cc(OCC2CO2)c2ccc(OCC3CO3)cc2c1.c1cc(OCC2CO2)c2cccc(OCC3CO3)c2c1. The molecule has 4 fully saturated rings. The Morgan fingerprint density at radius 3 is 1.38 bits per heavy atom. The lowest BCUT2D eigenvalue weighted by atomic mass is 10.1. The minimum atomic E-state index is 0.261. The molecule has 0 aliphatic carbocycles. The summed E-state index contributed by atoms with van der Waals surface area (Å²) in [6.45, 7) is 5.71. The molecule has 208 valence electrons. The Kier molecular flexibility index (Phi) is 7.31. The molecule has 8 nitrogen and oxygen atoms in total. The number of fused-ring (bicyclic) bond motifs is 2. The van der Waals surface area contributed by atoms with Gasteiger partial charge in [0.25, 0.3) is 0 Å². The Hall–Kier alpha value is -3.56. The van der Waals surface area contributed by atoms with Crippen molar-refractivity contribution in [2.24, 2.45) is 0 Å². The van der Waals surface area contributed by atoms with Gasteiger partial charge in [0, 0.05) is 16.2 Å². The van der Waals surface area contributed by atoms with Gasteiger partial charge in [-0.05, 0) is 41.8 Å². The van der Waals surface area contributed by atoms with Gasteiger partial charge < -0.3 is 37.9 Å². The molecule has 0 spiro atoms. The molecule has 0 N–H and O–H groups in total. The number of ether oxygens (including phenoxy) is 8. The molecule has 40 heavy (non-hydrogen) atoms. The summed E-state index contributed by atoms with van der Waals surface area (Å²) >= 11 is 0. The molecule has 4 aliphatic rings. The van der Waals surface area contributed by atoms with Crippen LogP contribution < -0.4 is 18.9 Å². The zero-order valence-electron chi connectivity index (χ0n) is 22.2. The number of rotatable bonds is 12. The average molecular weight is 545 g/mol. The van der Waals surface area contributed by atoms with Crippen molar-refractivity contribution in [1.82, 2.24) is 0 Å². The quantitative estimate of drug-likeness (QED) is 0.235. The first-order chi connectivity index (χ1) is 19.8. The lowest BCUT2D eigenvalue weighted by Gasteiger charge is -2.11. The fraction of sp³-hybridized carbons (Fsp3) is 0.375. The monoisotopic (exact) mass is 544 g/mol. The van der Waals surface area contributed by atoms with E-state index in [9.17, 15) is 0 Å². The zero-order valence-corrected chi connectivity index (χ0v) is 22.2. The Labute approximate surface area is 232 Å². The molecule has 4 unspecified atom stereocenters. The Morgan fingerprint density at radius 2 is 0.900 bits per heavy atom. The number of benzene rings is 4. The fourth-order valence-electron chi connectivity index (χ4n) is 4.35. The topological polar surface area (TPSA) is 87.0 Å². The first-order valence-electron chi connectivity index (χ1n) is 13.8. The van der Waals surface area contributed by atoms with E-state index in [1.54, 1.807) is 0 Å². The van der Waals surface area contributed by atoms with Crippen LogP contribution in [0.3, 0.4) is 0 Å². The molecule has 4 atom stereocenters. The summed E-state index contributed by atoms with van der Waals surface area (Å²) in [6, 6.07) is 24.2. The summed E-state index contributed by atoms with van der Waals surface area (Å²) in [6.07, 6.45) is 1.07. The van der Waals surface area contributed by atoms with Crippen molar-refractivity contribution >= 4 is 21.5 Å². The molecule has 4 aromatic rings. The molecular weight excluding hydrogens is 512 g/mol. The summed E-state index contributed by atoms with van der Waals surface area (Å²) in [5.41, 5.74) is 0. The highest BCUT2D eigenvalue weighted by atomic mass is 16.6. The maximum atomic E-state index is 5.83. The first kappa shape index (κ1) is 25.4. The molecule has 8 rings (SSSR count). The predicted octanol–water partition coefficient (Wildman–Crippen LogP) is 4.79. The van der Waals surface area contributed by atoms with Gasteiger partial charge >= 0.3 is 0 Å². The van der Waals surface area contributed by atoms with Crippen LogP contribution in [0, 0.1) is 0 Å². The standard InChI is InChI=1S/2C16H16O4/c1-3-13-14(15(5-1)19-9-11-7-17-11)4-2-6-16(13)20-10-12-8-18-12;1-2-11-6-12(17-7-13-8-18-13)4-5-15(11)16(3-1)20-10-14-9-19-14/h1-6,11-12H,7-10H2;1-6,13-14H,7-10H2. The van der Waals surface area contributed by atoms with Crippen molar-refractivity contribution in [2.45, 2.75) is 24.4 Å². The van der Waals surface area contributed by atoms with Crippen molar-refractivity contribution < 1.29 is 37.9 Å². The van der Waals surface area contributed by atoms with Crippen LogP contribution in [0.15, 0.2) is 72.8 Å². The van der Waals surface area contributed by atoms with Gasteiger partial charge in [-0.3, -0.25) is 0 Å². The van der Waals surface area contributed by atoms with Crippen LogP contribution in [-0.4, -0.2) is 77.3 Å². The number of epoxide rings is 4. The summed E-state index contributed by atoms with van der Waals surface area (Å²) in [7, 11) is 0. The maximum Gasteiger partial charge on any atom is 0.127 e. The summed E-state index contributed by atoms with van der Waals surface area (Å²) in [5, 5.41) is 4.36. The van der Waals surface area contributed by atoms with E-state index in [2.05, 4.69) is 18.2 Å². The van der Waals surface area contributed by atoms with E-state index in [0.717, 1.165) is 71.0 Å². The van der Waals surface area contributed by atoms with Crippen LogP contribution >= 0.6 is 0 Å². The van der Waals surface area contributed by atoms with Crippen LogP contribution in [0.2, 0.25) is 0 Å². The average Bonchev–Trinajstić information content (AvgIpc) is 3.82. The molecular formula is C32H32O8. The van der Waals surface area contributed by atoms with E-state index in [-0.39, 0.29) is 24.4 Å². The van der Waals surface area contributed by atoms with Crippen LogP contribution in [0.5, 0.6) is 23.0 Å². The second-order valence-electron chi connectivity index (χ2n) is 10.3. The molecule has 0 radical (unpaired) electrons. The minimum Gasteiger partial charge on any atom is -0.491 e. The van der Waals surface area contributed by atoms with E-state index >= 15 is 0 Å². The van der Waals surface area contributed by atoms with Gasteiger partial charge in [0.1, 0.15) is 73.8 Å². The Bertz CT molecular complexity index is 1400. The molecule has 4 aromatic carbocycles. The van der Waals surface area contributed by atoms with Gasteiger partial charge in [0.05, 0.1) is 26.4 Å². The van der Waals surface area contributed by atoms with Gasteiger partial charge in [-0.1, -0.05) is 36.4 Å². The summed E-state index contributed by atoms with van der Waals surface area (Å²) in [5.74, 6) is 3.53. The molecule has 8 heteroatoms. The van der Waals surface area contributed by atoms with Gasteiger partial charge in [0.2, 0.25) is 0 Å². The highest BCUT2D eigenvalue weighted by Gasteiger charge is 2.25. The normalized spacial score (nSPS) is 23.6. The van der Waals surface area contributed by atoms with Crippen molar-refractivity contribution in [1.29, 1.82) is 0 Å². The van der Waals surface area contributed by atoms with Crippen molar-refractivity contribution in [2.75, 3.05) is 52.9 Å². The number of hydrogen-bond donors (Lipinski definition) is 0. The van der Waals surface area contributed by atoms with E-state index in [1.807, 2.05) is 54.6 Å². The van der Waals surface area contributed by atoms with Gasteiger partial charge in [-0.25, -0.2) is 0 Å². The molecule has 4 aliphatic heterocycles. The third kappa shape index (κ3) is 6.77. The lowest BCUT2D eigenvalue weighted by Crippen LogP contribution is -2.05. The van der Waals surface area contributed by atoms with Crippen molar-refractivity contribution in [3.8, 4) is 23.0 Å². The molecule has 0 amide bonds. The van der Waals surface area contributed by atoms with E-state index in [4.69, 9.17) is 37.9 Å². The largest absolute Gasteiger partial charge is 0.491 e. The van der Waals surface area contributed by atoms with Crippen LogP contribution in [0.4, 0.5) is 0 Å². The second-order valence-corrected chi connectivity index (χ2v) is 10.3. The van der Waals surface area contributed by atoms with Gasteiger partial charge in [-0.15, -0.1) is 0 Å². The molecule has 0 bridgehead atoms. The molecule has 0 saturated carbocycles. The summed E-state index contributed by atoms with van der Waals surface area (Å²) < 4.78 is 43.8. The van der Waals surface area contributed by atoms with Gasteiger partial charge in [0.15, 0.2) is 0 Å². The maximum absolute atomic E-state index is 5.83. The molecule has 0 aromatic heterocycles. The second kappa shape index (κ2) is 11.5. The van der Waals surface area contributed by atoms with E-state index in [0.29, 0.717) is 26.4 Å². The Morgan fingerprint density at radius 1 is 0.475 bits per heavy atom. The number of hydrogen-bond acceptors (Lipinski definition) is 8. The van der Waals surface area contributed by atoms with Crippen LogP contribution in [0.25, 0.3) is 21.5 Å².